The maximum Gasteiger partial charge on any atom is 0.270 e. The lowest BCUT2D eigenvalue weighted by molar-refractivity contribution is -0.385. The lowest BCUT2D eigenvalue weighted by atomic mass is 9.87. The number of carbonyl (C=O) groups is 1. The number of fused-ring (bicyclic) bond motifs is 3. The number of non-ortho nitro benzene ring substituents is 2. The monoisotopic (exact) mass is 392 g/mol. The Hall–Kier alpha value is -3.88. The van der Waals surface area contributed by atoms with E-state index in [9.17, 15) is 25.0 Å². The minimum absolute atomic E-state index is 0.0421. The predicted octanol–water partition coefficient (Wildman–Crippen LogP) is 4.20. The van der Waals surface area contributed by atoms with Crippen molar-refractivity contribution in [1.82, 2.24) is 9.78 Å². The first-order chi connectivity index (χ1) is 13.6. The van der Waals surface area contributed by atoms with Crippen LogP contribution in [-0.2, 0) is 5.41 Å². The minimum Gasteiger partial charge on any atom is -0.288 e. The summed E-state index contributed by atoms with van der Waals surface area (Å²) in [7, 11) is 0. The Balaban J connectivity index is 1.94. The number of hydrogen-bond acceptors (Lipinski definition) is 6. The van der Waals surface area contributed by atoms with Crippen molar-refractivity contribution < 1.29 is 14.6 Å². The molecule has 1 aliphatic rings. The summed E-state index contributed by atoms with van der Waals surface area (Å²) >= 11 is 0. The molecule has 0 saturated heterocycles. The maximum atomic E-state index is 13.2. The molecule has 146 valence electrons. The second-order valence-electron chi connectivity index (χ2n) is 7.82. The number of ketones is 1. The van der Waals surface area contributed by atoms with E-state index in [-0.39, 0.29) is 22.7 Å². The number of hydrogen-bond donors (Lipinski definition) is 0. The molecule has 0 aliphatic heterocycles. The molecule has 0 bridgehead atoms. The molecule has 1 aromatic heterocycles. The Morgan fingerprint density at radius 1 is 0.897 bits per heavy atom. The fourth-order valence-electron chi connectivity index (χ4n) is 3.59. The maximum absolute atomic E-state index is 13.2. The lowest BCUT2D eigenvalue weighted by Crippen LogP contribution is -2.21. The molecule has 4 rings (SSSR count). The molecule has 2 aromatic carbocycles. The number of benzene rings is 2. The van der Waals surface area contributed by atoms with Crippen molar-refractivity contribution >= 4 is 17.2 Å². The Kier molecular flexibility index (Phi) is 3.86. The van der Waals surface area contributed by atoms with Crippen LogP contribution < -0.4 is 0 Å². The second kappa shape index (κ2) is 6.06. The highest BCUT2D eigenvalue weighted by Crippen LogP contribution is 2.43. The highest BCUT2D eigenvalue weighted by Gasteiger charge is 2.39. The zero-order chi connectivity index (χ0) is 21.1. The topological polar surface area (TPSA) is 121 Å². The zero-order valence-electron chi connectivity index (χ0n) is 15.9. The molecule has 1 aliphatic carbocycles. The van der Waals surface area contributed by atoms with Crippen LogP contribution in [0.1, 0.15) is 42.4 Å². The van der Waals surface area contributed by atoms with E-state index < -0.39 is 15.3 Å². The smallest absolute Gasteiger partial charge is 0.270 e. The van der Waals surface area contributed by atoms with Crippen molar-refractivity contribution in [3.63, 3.8) is 0 Å². The van der Waals surface area contributed by atoms with Crippen molar-refractivity contribution in [3.05, 3.63) is 79.5 Å². The van der Waals surface area contributed by atoms with Crippen LogP contribution in [0.5, 0.6) is 0 Å². The summed E-state index contributed by atoms with van der Waals surface area (Å²) in [5.74, 6) is -0.309. The van der Waals surface area contributed by atoms with Crippen LogP contribution in [0.4, 0.5) is 11.4 Å². The predicted molar refractivity (Wildman–Crippen MR) is 104 cm³/mol. The molecule has 9 heteroatoms. The summed E-state index contributed by atoms with van der Waals surface area (Å²) in [5.41, 5.74) is 2.24. The van der Waals surface area contributed by atoms with Gasteiger partial charge in [0.15, 0.2) is 5.78 Å². The SMILES string of the molecule is CC(C)(C)c1c2c(nn1-c1ccc([N+](=O)[O-])cc1)-c1ccc([N+](=O)[O-])cc1C2=O. The molecular formula is C20H16N4O5. The summed E-state index contributed by atoms with van der Waals surface area (Å²) in [6.07, 6.45) is 0. The van der Waals surface area contributed by atoms with Crippen LogP contribution in [0.3, 0.4) is 0 Å². The van der Waals surface area contributed by atoms with E-state index in [0.29, 0.717) is 28.2 Å². The van der Waals surface area contributed by atoms with Crippen LogP contribution in [-0.4, -0.2) is 25.4 Å². The van der Waals surface area contributed by atoms with Gasteiger partial charge in [0, 0.05) is 40.8 Å². The molecule has 9 nitrogen and oxygen atoms in total. The van der Waals surface area contributed by atoms with Gasteiger partial charge in [-0.1, -0.05) is 20.8 Å². The van der Waals surface area contributed by atoms with Crippen LogP contribution in [0.15, 0.2) is 42.5 Å². The Labute approximate surface area is 164 Å². The highest BCUT2D eigenvalue weighted by atomic mass is 16.6. The number of carbonyl (C=O) groups excluding carboxylic acids is 1. The number of nitrogens with zero attached hydrogens (tertiary/aromatic N) is 4. The van der Waals surface area contributed by atoms with E-state index in [1.807, 2.05) is 20.8 Å². The van der Waals surface area contributed by atoms with Crippen LogP contribution in [0.2, 0.25) is 0 Å². The fourth-order valence-corrected chi connectivity index (χ4v) is 3.59. The van der Waals surface area contributed by atoms with Crippen molar-refractivity contribution in [1.29, 1.82) is 0 Å². The molecule has 1 heterocycles. The summed E-state index contributed by atoms with van der Waals surface area (Å²) in [4.78, 5) is 34.2. The van der Waals surface area contributed by atoms with E-state index in [2.05, 4.69) is 5.10 Å². The molecule has 29 heavy (non-hydrogen) atoms. The van der Waals surface area contributed by atoms with Gasteiger partial charge in [0.05, 0.1) is 26.8 Å². The van der Waals surface area contributed by atoms with Gasteiger partial charge in [-0.25, -0.2) is 4.68 Å². The van der Waals surface area contributed by atoms with Crippen molar-refractivity contribution in [2.45, 2.75) is 26.2 Å². The van der Waals surface area contributed by atoms with Gasteiger partial charge in [0.2, 0.25) is 0 Å². The second-order valence-corrected chi connectivity index (χ2v) is 7.82. The normalized spacial score (nSPS) is 12.6. The summed E-state index contributed by atoms with van der Waals surface area (Å²) < 4.78 is 1.62. The van der Waals surface area contributed by atoms with Gasteiger partial charge in [-0.05, 0) is 18.2 Å². The molecule has 0 N–H and O–H groups in total. The first kappa shape index (κ1) is 18.5. The molecule has 0 unspecified atom stereocenters. The van der Waals surface area contributed by atoms with E-state index in [4.69, 9.17) is 0 Å². The summed E-state index contributed by atoms with van der Waals surface area (Å²) in [5, 5.41) is 26.6. The van der Waals surface area contributed by atoms with Crippen LogP contribution in [0, 0.1) is 20.2 Å². The molecule has 0 amide bonds. The Bertz CT molecular complexity index is 1200. The average molecular weight is 392 g/mol. The Morgan fingerprint density at radius 2 is 1.48 bits per heavy atom. The summed E-state index contributed by atoms with van der Waals surface area (Å²) in [6, 6.07) is 10.1. The summed E-state index contributed by atoms with van der Waals surface area (Å²) in [6.45, 7) is 5.81. The molecule has 0 spiro atoms. The van der Waals surface area contributed by atoms with Crippen molar-refractivity contribution in [2.75, 3.05) is 0 Å². The Morgan fingerprint density at radius 3 is 2.03 bits per heavy atom. The van der Waals surface area contributed by atoms with E-state index in [1.54, 1.807) is 16.8 Å². The molecule has 0 radical (unpaired) electrons. The minimum atomic E-state index is -0.536. The molecule has 0 saturated carbocycles. The van der Waals surface area contributed by atoms with Gasteiger partial charge >= 0.3 is 0 Å². The van der Waals surface area contributed by atoms with E-state index in [0.717, 1.165) is 0 Å². The van der Waals surface area contributed by atoms with Crippen LogP contribution >= 0.6 is 0 Å². The van der Waals surface area contributed by atoms with E-state index in [1.165, 1.54) is 30.3 Å². The third-order valence-electron chi connectivity index (χ3n) is 4.84. The quantitative estimate of drug-likeness (QED) is 0.380. The van der Waals surface area contributed by atoms with Gasteiger partial charge in [0.1, 0.15) is 5.69 Å². The number of rotatable bonds is 3. The average Bonchev–Trinajstić information content (AvgIpc) is 3.18. The highest BCUT2D eigenvalue weighted by molar-refractivity contribution is 6.22. The van der Waals surface area contributed by atoms with Gasteiger partial charge in [-0.2, -0.15) is 5.10 Å². The molecule has 0 fully saturated rings. The first-order valence-corrected chi connectivity index (χ1v) is 8.81. The van der Waals surface area contributed by atoms with E-state index >= 15 is 0 Å². The third kappa shape index (κ3) is 2.78. The zero-order valence-corrected chi connectivity index (χ0v) is 15.9. The van der Waals surface area contributed by atoms with Crippen LogP contribution in [0.25, 0.3) is 16.9 Å². The fraction of sp³-hybridized carbons (Fsp3) is 0.200. The number of aromatic nitrogens is 2. The standard InChI is InChI=1S/C20H16N4O5/c1-20(2,3)19-16-17(14-9-8-13(24(28)29)10-15(14)18(16)25)21-22(19)11-4-6-12(7-5-11)23(26)27/h4-10H,1-3H3. The van der Waals surface area contributed by atoms with Crippen molar-refractivity contribution in [2.24, 2.45) is 0 Å². The van der Waals surface area contributed by atoms with Gasteiger partial charge < -0.3 is 0 Å². The first-order valence-electron chi connectivity index (χ1n) is 8.81. The number of nitro groups is 2. The van der Waals surface area contributed by atoms with Gasteiger partial charge in [-0.3, -0.25) is 25.0 Å². The lowest BCUT2D eigenvalue weighted by Gasteiger charge is -2.22. The number of nitro benzene ring substituents is 2. The third-order valence-corrected chi connectivity index (χ3v) is 4.84. The van der Waals surface area contributed by atoms with Gasteiger partial charge in [0.25, 0.3) is 11.4 Å². The molecular weight excluding hydrogens is 376 g/mol. The van der Waals surface area contributed by atoms with Crippen molar-refractivity contribution in [3.8, 4) is 16.9 Å². The molecule has 0 atom stereocenters. The largest absolute Gasteiger partial charge is 0.288 e. The molecule has 3 aromatic rings. The van der Waals surface area contributed by atoms with Gasteiger partial charge in [-0.15, -0.1) is 0 Å².